The van der Waals surface area contributed by atoms with Crippen LogP contribution >= 0.6 is 11.6 Å². The van der Waals surface area contributed by atoms with Gasteiger partial charge in [0.05, 0.1) is 17.3 Å². The molecular weight excluding hydrogens is 352 g/mol. The van der Waals surface area contributed by atoms with E-state index in [4.69, 9.17) is 11.6 Å². The summed E-state index contributed by atoms with van der Waals surface area (Å²) in [5.74, 6) is 0. The Morgan fingerprint density at radius 1 is 1.00 bits per heavy atom. The molecule has 0 aliphatic rings. The Balaban J connectivity index is 2.18. The lowest BCUT2D eigenvalue weighted by atomic mass is 10.0. The fraction of sp³-hybridized carbons (Fsp3) is 0.208. The van der Waals surface area contributed by atoms with Crippen molar-refractivity contribution in [3.63, 3.8) is 0 Å². The Labute approximate surface area is 166 Å². The molecule has 3 heteroatoms. The van der Waals surface area contributed by atoms with E-state index in [9.17, 15) is 5.26 Å². The number of benzene rings is 2. The summed E-state index contributed by atoms with van der Waals surface area (Å²) in [6.07, 6.45) is 1.93. The molecular formula is C24H23ClN2. The Bertz CT molecular complexity index is 1070. The van der Waals surface area contributed by atoms with Crippen molar-refractivity contribution >= 4 is 23.3 Å². The van der Waals surface area contributed by atoms with Crippen LogP contribution in [-0.2, 0) is 0 Å². The predicted octanol–water partition coefficient (Wildman–Crippen LogP) is 6.74. The van der Waals surface area contributed by atoms with E-state index in [0.717, 1.165) is 22.5 Å². The molecule has 0 saturated heterocycles. The second kappa shape index (κ2) is 7.47. The van der Waals surface area contributed by atoms with Gasteiger partial charge >= 0.3 is 0 Å². The van der Waals surface area contributed by atoms with Crippen LogP contribution in [-0.4, -0.2) is 4.57 Å². The predicted molar refractivity (Wildman–Crippen MR) is 114 cm³/mol. The molecule has 0 bridgehead atoms. The van der Waals surface area contributed by atoms with Crippen LogP contribution in [0.4, 0.5) is 0 Å². The highest BCUT2D eigenvalue weighted by molar-refractivity contribution is 6.32. The third kappa shape index (κ3) is 3.56. The third-order valence-electron chi connectivity index (χ3n) is 4.91. The van der Waals surface area contributed by atoms with E-state index >= 15 is 0 Å². The van der Waals surface area contributed by atoms with Gasteiger partial charge in [0.15, 0.2) is 0 Å². The maximum absolute atomic E-state index is 9.68. The van der Waals surface area contributed by atoms with Crippen LogP contribution in [0.15, 0.2) is 42.5 Å². The van der Waals surface area contributed by atoms with Gasteiger partial charge in [-0.15, -0.1) is 0 Å². The zero-order valence-corrected chi connectivity index (χ0v) is 17.1. The summed E-state index contributed by atoms with van der Waals surface area (Å²) in [7, 11) is 0. The first kappa shape index (κ1) is 19.0. The van der Waals surface area contributed by atoms with Crippen LogP contribution in [0.25, 0.3) is 17.3 Å². The van der Waals surface area contributed by atoms with Gasteiger partial charge in [0.1, 0.15) is 0 Å². The van der Waals surface area contributed by atoms with Gasteiger partial charge in [0.2, 0.25) is 0 Å². The molecule has 0 aliphatic carbocycles. The Morgan fingerprint density at radius 2 is 1.63 bits per heavy atom. The zero-order chi connectivity index (χ0) is 19.7. The number of nitrogens with zero attached hydrogens (tertiary/aromatic N) is 2. The van der Waals surface area contributed by atoms with Crippen molar-refractivity contribution in [3.8, 4) is 11.8 Å². The number of aryl methyl sites for hydroxylation is 4. The largest absolute Gasteiger partial charge is 0.317 e. The molecule has 0 fully saturated rings. The first-order valence-electron chi connectivity index (χ1n) is 8.97. The SMILES string of the molecule is Cc1cc(C)c(-n2c(C)cc(C=C(C#N)c3ccccc3Cl)c2C)c(C)c1. The van der Waals surface area contributed by atoms with Crippen molar-refractivity contribution in [3.05, 3.63) is 86.7 Å². The van der Waals surface area contributed by atoms with Gasteiger partial charge in [-0.3, -0.25) is 0 Å². The van der Waals surface area contributed by atoms with Crippen molar-refractivity contribution in [2.45, 2.75) is 34.6 Å². The summed E-state index contributed by atoms with van der Waals surface area (Å²) < 4.78 is 2.28. The van der Waals surface area contributed by atoms with Crippen molar-refractivity contribution < 1.29 is 0 Å². The van der Waals surface area contributed by atoms with Gasteiger partial charge in [-0.2, -0.15) is 5.26 Å². The molecule has 0 spiro atoms. The summed E-state index contributed by atoms with van der Waals surface area (Å²) in [5.41, 5.74) is 9.59. The van der Waals surface area contributed by atoms with E-state index < -0.39 is 0 Å². The second-order valence-electron chi connectivity index (χ2n) is 7.06. The molecule has 3 aromatic rings. The van der Waals surface area contributed by atoms with Gasteiger partial charge < -0.3 is 4.57 Å². The van der Waals surface area contributed by atoms with Crippen LogP contribution in [0, 0.1) is 45.9 Å². The minimum atomic E-state index is 0.568. The van der Waals surface area contributed by atoms with Crippen molar-refractivity contribution in [2.24, 2.45) is 0 Å². The van der Waals surface area contributed by atoms with Gasteiger partial charge in [-0.1, -0.05) is 47.5 Å². The average Bonchev–Trinajstić information content (AvgIpc) is 2.87. The molecule has 2 nitrogen and oxygen atoms in total. The lowest BCUT2D eigenvalue weighted by Gasteiger charge is -2.17. The molecule has 1 heterocycles. The van der Waals surface area contributed by atoms with Crippen molar-refractivity contribution in [2.75, 3.05) is 0 Å². The smallest absolute Gasteiger partial charge is 0.0998 e. The maximum Gasteiger partial charge on any atom is 0.0998 e. The minimum Gasteiger partial charge on any atom is -0.317 e. The molecule has 3 rings (SSSR count). The van der Waals surface area contributed by atoms with Gasteiger partial charge in [0, 0.05) is 22.0 Å². The van der Waals surface area contributed by atoms with Crippen LogP contribution in [0.5, 0.6) is 0 Å². The van der Waals surface area contributed by atoms with Crippen LogP contribution < -0.4 is 0 Å². The van der Waals surface area contributed by atoms with E-state index in [0.29, 0.717) is 10.6 Å². The lowest BCUT2D eigenvalue weighted by Crippen LogP contribution is -2.04. The zero-order valence-electron chi connectivity index (χ0n) is 16.4. The number of rotatable bonds is 3. The summed E-state index contributed by atoms with van der Waals surface area (Å²) in [5, 5.41) is 10.3. The van der Waals surface area contributed by atoms with E-state index in [1.807, 2.05) is 30.3 Å². The highest BCUT2D eigenvalue weighted by Crippen LogP contribution is 2.30. The molecule has 0 amide bonds. The topological polar surface area (TPSA) is 28.7 Å². The molecule has 0 N–H and O–H groups in total. The molecule has 1 aromatic heterocycles. The van der Waals surface area contributed by atoms with Gasteiger partial charge in [-0.25, -0.2) is 0 Å². The number of hydrogen-bond donors (Lipinski definition) is 0. The summed E-state index contributed by atoms with van der Waals surface area (Å²) in [4.78, 5) is 0. The normalized spacial score (nSPS) is 11.5. The molecule has 2 aromatic carbocycles. The molecule has 0 atom stereocenters. The van der Waals surface area contributed by atoms with Crippen molar-refractivity contribution in [1.29, 1.82) is 5.26 Å². The monoisotopic (exact) mass is 374 g/mol. The number of allylic oxidation sites excluding steroid dienone is 1. The highest BCUT2D eigenvalue weighted by atomic mass is 35.5. The second-order valence-corrected chi connectivity index (χ2v) is 7.47. The maximum atomic E-state index is 9.68. The molecule has 0 radical (unpaired) electrons. The highest BCUT2D eigenvalue weighted by Gasteiger charge is 2.15. The summed E-state index contributed by atoms with van der Waals surface area (Å²) >= 11 is 6.30. The molecule has 136 valence electrons. The number of halogens is 1. The van der Waals surface area contributed by atoms with E-state index in [2.05, 4.69) is 63.5 Å². The Morgan fingerprint density at radius 3 is 2.22 bits per heavy atom. The summed E-state index contributed by atoms with van der Waals surface area (Å²) in [6, 6.07) is 16.3. The molecule has 27 heavy (non-hydrogen) atoms. The Kier molecular flexibility index (Phi) is 5.26. The quantitative estimate of drug-likeness (QED) is 0.467. The first-order chi connectivity index (χ1) is 12.8. The fourth-order valence-electron chi connectivity index (χ4n) is 3.81. The minimum absolute atomic E-state index is 0.568. The Hall–Kier alpha value is -2.76. The fourth-order valence-corrected chi connectivity index (χ4v) is 4.05. The molecule has 0 unspecified atom stereocenters. The number of aromatic nitrogens is 1. The number of nitriles is 1. The van der Waals surface area contributed by atoms with Crippen LogP contribution in [0.2, 0.25) is 5.02 Å². The van der Waals surface area contributed by atoms with Crippen LogP contribution in [0.3, 0.4) is 0 Å². The standard InChI is InChI=1S/C24H23ClN2/c1-15-10-16(2)24(17(3)11-15)27-18(4)12-20(19(27)5)13-21(14-26)22-8-6-7-9-23(22)25/h6-13H,1-5H3. The van der Waals surface area contributed by atoms with E-state index in [1.165, 1.54) is 22.4 Å². The van der Waals surface area contributed by atoms with E-state index in [1.54, 1.807) is 0 Å². The molecule has 0 saturated carbocycles. The van der Waals surface area contributed by atoms with Gasteiger partial charge in [-0.05, 0) is 69.5 Å². The van der Waals surface area contributed by atoms with Crippen LogP contribution in [0.1, 0.15) is 39.2 Å². The van der Waals surface area contributed by atoms with Crippen molar-refractivity contribution in [1.82, 2.24) is 4.57 Å². The van der Waals surface area contributed by atoms with Gasteiger partial charge in [0.25, 0.3) is 0 Å². The first-order valence-corrected chi connectivity index (χ1v) is 9.35. The average molecular weight is 375 g/mol. The summed E-state index contributed by atoms with van der Waals surface area (Å²) in [6.45, 7) is 10.6. The van der Waals surface area contributed by atoms with E-state index in [-0.39, 0.29) is 0 Å². The number of hydrogen-bond acceptors (Lipinski definition) is 1. The lowest BCUT2D eigenvalue weighted by molar-refractivity contribution is 0.941. The molecule has 0 aliphatic heterocycles. The third-order valence-corrected chi connectivity index (χ3v) is 5.24.